The maximum atomic E-state index is 10.4. The van der Waals surface area contributed by atoms with Crippen molar-refractivity contribution in [1.29, 1.82) is 0 Å². The van der Waals surface area contributed by atoms with Crippen molar-refractivity contribution >= 4 is 0 Å². The lowest BCUT2D eigenvalue weighted by Gasteiger charge is -2.44. The molecule has 2 aromatic carbocycles. The number of hydrogen-bond acceptors (Lipinski definition) is 4. The van der Waals surface area contributed by atoms with E-state index in [9.17, 15) is 5.11 Å². The molecule has 0 aromatic heterocycles. The molecule has 0 saturated carbocycles. The SMILES string of the molecule is CC(C)(O)CC1(OCOCc2ccccc2)CCN(Cc2ccccc2)CC1. The van der Waals surface area contributed by atoms with Crippen molar-refractivity contribution in [2.75, 3.05) is 19.9 Å². The van der Waals surface area contributed by atoms with E-state index in [1.165, 1.54) is 5.56 Å². The van der Waals surface area contributed by atoms with Crippen LogP contribution in [0, 0.1) is 0 Å². The summed E-state index contributed by atoms with van der Waals surface area (Å²) in [4.78, 5) is 2.46. The van der Waals surface area contributed by atoms with Gasteiger partial charge in [0.25, 0.3) is 0 Å². The van der Waals surface area contributed by atoms with Crippen molar-refractivity contribution in [3.05, 3.63) is 71.8 Å². The molecule has 2 aromatic rings. The predicted molar refractivity (Wildman–Crippen MR) is 112 cm³/mol. The fourth-order valence-electron chi connectivity index (χ4n) is 4.02. The van der Waals surface area contributed by atoms with E-state index in [0.29, 0.717) is 13.0 Å². The van der Waals surface area contributed by atoms with Crippen molar-refractivity contribution < 1.29 is 14.6 Å². The van der Waals surface area contributed by atoms with E-state index in [0.717, 1.165) is 38.0 Å². The highest BCUT2D eigenvalue weighted by Gasteiger charge is 2.39. The average Bonchev–Trinajstić information content (AvgIpc) is 2.68. The highest BCUT2D eigenvalue weighted by atomic mass is 16.7. The zero-order valence-electron chi connectivity index (χ0n) is 17.1. The number of benzene rings is 2. The molecule has 0 spiro atoms. The Morgan fingerprint density at radius 3 is 2.07 bits per heavy atom. The minimum Gasteiger partial charge on any atom is -0.390 e. The summed E-state index contributed by atoms with van der Waals surface area (Å²) in [7, 11) is 0. The summed E-state index contributed by atoms with van der Waals surface area (Å²) >= 11 is 0. The van der Waals surface area contributed by atoms with Gasteiger partial charge in [0, 0.05) is 26.1 Å². The van der Waals surface area contributed by atoms with Crippen LogP contribution in [0.4, 0.5) is 0 Å². The van der Waals surface area contributed by atoms with Gasteiger partial charge in [-0.15, -0.1) is 0 Å². The number of piperidine rings is 1. The third kappa shape index (κ3) is 6.71. The molecular weight excluding hydrogens is 350 g/mol. The minimum absolute atomic E-state index is 0.254. The molecule has 0 atom stereocenters. The van der Waals surface area contributed by atoms with E-state index in [2.05, 4.69) is 47.4 Å². The summed E-state index contributed by atoms with van der Waals surface area (Å²) in [5, 5.41) is 10.4. The van der Waals surface area contributed by atoms with E-state index < -0.39 is 5.60 Å². The lowest BCUT2D eigenvalue weighted by molar-refractivity contribution is -0.185. The first-order valence-corrected chi connectivity index (χ1v) is 10.2. The van der Waals surface area contributed by atoms with E-state index in [-0.39, 0.29) is 12.4 Å². The second-order valence-electron chi connectivity index (χ2n) is 8.53. The highest BCUT2D eigenvalue weighted by molar-refractivity contribution is 5.15. The van der Waals surface area contributed by atoms with Crippen molar-refractivity contribution in [1.82, 2.24) is 4.90 Å². The first-order valence-electron chi connectivity index (χ1n) is 10.2. The standard InChI is InChI=1S/C24H33NO3/c1-23(2,26)19-24(28-20-27-18-22-11-7-4-8-12-22)13-15-25(16-14-24)17-21-9-5-3-6-10-21/h3-12,26H,13-20H2,1-2H3. The molecule has 1 saturated heterocycles. The smallest absolute Gasteiger partial charge is 0.147 e. The van der Waals surface area contributed by atoms with Gasteiger partial charge in [-0.1, -0.05) is 60.7 Å². The van der Waals surface area contributed by atoms with Crippen LogP contribution in [0.2, 0.25) is 0 Å². The Bertz CT molecular complexity index is 683. The Labute approximate surface area is 169 Å². The van der Waals surface area contributed by atoms with Crippen LogP contribution in [0.1, 0.15) is 44.2 Å². The third-order valence-electron chi connectivity index (χ3n) is 5.33. The minimum atomic E-state index is -0.763. The summed E-state index contributed by atoms with van der Waals surface area (Å²) in [5.74, 6) is 0. The zero-order valence-corrected chi connectivity index (χ0v) is 17.1. The third-order valence-corrected chi connectivity index (χ3v) is 5.33. The molecule has 28 heavy (non-hydrogen) atoms. The van der Waals surface area contributed by atoms with E-state index in [4.69, 9.17) is 9.47 Å². The Morgan fingerprint density at radius 2 is 1.50 bits per heavy atom. The maximum Gasteiger partial charge on any atom is 0.147 e. The van der Waals surface area contributed by atoms with Gasteiger partial charge >= 0.3 is 0 Å². The highest BCUT2D eigenvalue weighted by Crippen LogP contribution is 2.34. The number of rotatable bonds is 9. The van der Waals surface area contributed by atoms with Gasteiger partial charge in [-0.3, -0.25) is 4.90 Å². The monoisotopic (exact) mass is 383 g/mol. The van der Waals surface area contributed by atoms with Crippen LogP contribution >= 0.6 is 0 Å². The quantitative estimate of drug-likeness (QED) is 0.516. The van der Waals surface area contributed by atoms with Crippen molar-refractivity contribution in [3.63, 3.8) is 0 Å². The lowest BCUT2D eigenvalue weighted by Crippen LogP contribution is -2.49. The van der Waals surface area contributed by atoms with Crippen molar-refractivity contribution in [2.24, 2.45) is 0 Å². The van der Waals surface area contributed by atoms with Gasteiger partial charge in [0.15, 0.2) is 0 Å². The van der Waals surface area contributed by atoms with E-state index >= 15 is 0 Å². The fourth-order valence-corrected chi connectivity index (χ4v) is 4.02. The molecule has 0 bridgehead atoms. The number of ether oxygens (including phenoxy) is 2. The molecule has 152 valence electrons. The summed E-state index contributed by atoms with van der Waals surface area (Å²) < 4.78 is 12.0. The van der Waals surface area contributed by atoms with Gasteiger partial charge in [0.1, 0.15) is 6.79 Å². The van der Waals surface area contributed by atoms with Crippen LogP contribution in [-0.2, 0) is 22.6 Å². The van der Waals surface area contributed by atoms with Gasteiger partial charge in [-0.05, 0) is 37.8 Å². The van der Waals surface area contributed by atoms with Gasteiger partial charge < -0.3 is 14.6 Å². The summed E-state index contributed by atoms with van der Waals surface area (Å²) in [5.41, 5.74) is 1.38. The molecule has 0 aliphatic carbocycles. The molecule has 1 aliphatic rings. The number of hydrogen-bond donors (Lipinski definition) is 1. The number of likely N-dealkylation sites (tertiary alicyclic amines) is 1. The molecule has 4 nitrogen and oxygen atoms in total. The van der Waals surface area contributed by atoms with Crippen LogP contribution in [0.5, 0.6) is 0 Å². The van der Waals surface area contributed by atoms with Crippen molar-refractivity contribution in [2.45, 2.75) is 57.5 Å². The molecule has 0 radical (unpaired) electrons. The largest absolute Gasteiger partial charge is 0.390 e. The topological polar surface area (TPSA) is 41.9 Å². The molecule has 1 N–H and O–H groups in total. The Kier molecular flexibility index (Phi) is 7.24. The van der Waals surface area contributed by atoms with Gasteiger partial charge in [0.05, 0.1) is 17.8 Å². The molecule has 3 rings (SSSR count). The Hall–Kier alpha value is -1.72. The molecule has 0 unspecified atom stereocenters. The summed E-state index contributed by atoms with van der Waals surface area (Å²) in [6, 6.07) is 20.7. The number of aliphatic hydroxyl groups is 1. The normalized spacial score (nSPS) is 17.5. The second-order valence-corrected chi connectivity index (χ2v) is 8.53. The van der Waals surface area contributed by atoms with E-state index in [1.807, 2.05) is 32.0 Å². The van der Waals surface area contributed by atoms with Crippen molar-refractivity contribution in [3.8, 4) is 0 Å². The molecule has 1 heterocycles. The number of nitrogens with zero attached hydrogens (tertiary/aromatic N) is 1. The van der Waals surface area contributed by atoms with Crippen LogP contribution in [0.15, 0.2) is 60.7 Å². The van der Waals surface area contributed by atoms with Gasteiger partial charge in [-0.25, -0.2) is 0 Å². The fraction of sp³-hybridized carbons (Fsp3) is 0.500. The first-order chi connectivity index (χ1) is 13.4. The maximum absolute atomic E-state index is 10.4. The van der Waals surface area contributed by atoms with Crippen LogP contribution < -0.4 is 0 Å². The zero-order chi connectivity index (χ0) is 19.9. The molecular formula is C24H33NO3. The molecule has 0 amide bonds. The average molecular weight is 384 g/mol. The van der Waals surface area contributed by atoms with E-state index in [1.54, 1.807) is 0 Å². The van der Waals surface area contributed by atoms with Gasteiger partial charge in [-0.2, -0.15) is 0 Å². The predicted octanol–water partition coefficient (Wildman–Crippen LogP) is 4.37. The Morgan fingerprint density at radius 1 is 0.929 bits per heavy atom. The second kappa shape index (κ2) is 9.66. The first kappa shape index (κ1) is 21.0. The summed E-state index contributed by atoms with van der Waals surface area (Å²) in [6.45, 7) is 7.40. The Balaban J connectivity index is 1.52. The lowest BCUT2D eigenvalue weighted by atomic mass is 9.81. The molecule has 1 fully saturated rings. The molecule has 4 heteroatoms. The summed E-state index contributed by atoms with van der Waals surface area (Å²) in [6.07, 6.45) is 2.42. The van der Waals surface area contributed by atoms with Crippen LogP contribution in [0.25, 0.3) is 0 Å². The van der Waals surface area contributed by atoms with Crippen LogP contribution in [0.3, 0.4) is 0 Å². The molecule has 1 aliphatic heterocycles. The van der Waals surface area contributed by atoms with Gasteiger partial charge in [0.2, 0.25) is 0 Å². The van der Waals surface area contributed by atoms with Crippen LogP contribution in [-0.4, -0.2) is 41.1 Å².